The number of nitrogens with two attached hydrogens (primary N) is 1. The van der Waals surface area contributed by atoms with Crippen molar-refractivity contribution in [2.24, 2.45) is 5.92 Å². The molecular formula is C14H23ClN2O. The summed E-state index contributed by atoms with van der Waals surface area (Å²) in [6.07, 6.45) is 2.15. The van der Waals surface area contributed by atoms with E-state index in [0.717, 1.165) is 24.9 Å². The highest BCUT2D eigenvalue weighted by atomic mass is 35.5. The summed E-state index contributed by atoms with van der Waals surface area (Å²) in [6.45, 7) is 7.02. The lowest BCUT2D eigenvalue weighted by Gasteiger charge is -2.09. The molecule has 1 aromatic carbocycles. The maximum atomic E-state index is 11.9. The maximum Gasteiger partial charge on any atom is 0.251 e. The number of anilines is 1. The first-order valence-corrected chi connectivity index (χ1v) is 6.15. The van der Waals surface area contributed by atoms with E-state index in [9.17, 15) is 4.79 Å². The van der Waals surface area contributed by atoms with Crippen LogP contribution in [0.25, 0.3) is 0 Å². The van der Waals surface area contributed by atoms with E-state index in [0.29, 0.717) is 17.2 Å². The SMILES string of the molecule is Cc1ccc(N)cc1C(=O)NCCCC(C)C.Cl. The first kappa shape index (κ1) is 16.8. The van der Waals surface area contributed by atoms with Gasteiger partial charge in [0.25, 0.3) is 5.91 Å². The molecule has 0 fully saturated rings. The molecule has 4 heteroatoms. The fraction of sp³-hybridized carbons (Fsp3) is 0.500. The summed E-state index contributed by atoms with van der Waals surface area (Å²) in [5.74, 6) is 0.652. The summed E-state index contributed by atoms with van der Waals surface area (Å²) in [5, 5.41) is 2.93. The lowest BCUT2D eigenvalue weighted by Crippen LogP contribution is -2.25. The van der Waals surface area contributed by atoms with E-state index in [1.807, 2.05) is 19.1 Å². The molecule has 0 radical (unpaired) electrons. The van der Waals surface area contributed by atoms with Gasteiger partial charge in [0.05, 0.1) is 0 Å². The molecule has 18 heavy (non-hydrogen) atoms. The molecule has 0 aliphatic carbocycles. The van der Waals surface area contributed by atoms with Crippen molar-refractivity contribution in [1.82, 2.24) is 5.32 Å². The predicted molar refractivity (Wildman–Crippen MR) is 79.2 cm³/mol. The Morgan fingerprint density at radius 1 is 1.39 bits per heavy atom. The first-order valence-electron chi connectivity index (χ1n) is 6.15. The minimum absolute atomic E-state index is 0. The van der Waals surface area contributed by atoms with Crippen LogP contribution in [0.2, 0.25) is 0 Å². The second-order valence-electron chi connectivity index (χ2n) is 4.87. The molecule has 0 spiro atoms. The number of nitrogen functional groups attached to an aromatic ring is 1. The van der Waals surface area contributed by atoms with Gasteiger partial charge in [0, 0.05) is 17.8 Å². The van der Waals surface area contributed by atoms with Crippen molar-refractivity contribution in [1.29, 1.82) is 0 Å². The summed E-state index contributed by atoms with van der Waals surface area (Å²) < 4.78 is 0. The molecule has 0 aliphatic heterocycles. The highest BCUT2D eigenvalue weighted by Gasteiger charge is 2.08. The third-order valence-corrected chi connectivity index (χ3v) is 2.75. The van der Waals surface area contributed by atoms with Crippen LogP contribution in [0.3, 0.4) is 0 Å². The number of rotatable bonds is 5. The molecule has 1 amide bonds. The zero-order valence-corrected chi connectivity index (χ0v) is 12.1. The van der Waals surface area contributed by atoms with Gasteiger partial charge in [0.2, 0.25) is 0 Å². The van der Waals surface area contributed by atoms with Crippen LogP contribution in [0.5, 0.6) is 0 Å². The second-order valence-corrected chi connectivity index (χ2v) is 4.87. The van der Waals surface area contributed by atoms with E-state index in [4.69, 9.17) is 5.73 Å². The molecule has 102 valence electrons. The summed E-state index contributed by atoms with van der Waals surface area (Å²) in [6, 6.07) is 5.41. The van der Waals surface area contributed by atoms with Crippen molar-refractivity contribution in [2.45, 2.75) is 33.6 Å². The Balaban J connectivity index is 0.00000289. The van der Waals surface area contributed by atoms with Crippen LogP contribution in [-0.4, -0.2) is 12.5 Å². The monoisotopic (exact) mass is 270 g/mol. The number of nitrogens with one attached hydrogen (secondary N) is 1. The Kier molecular flexibility index (Phi) is 7.44. The van der Waals surface area contributed by atoms with Gasteiger partial charge < -0.3 is 11.1 Å². The van der Waals surface area contributed by atoms with Crippen LogP contribution in [0.1, 0.15) is 42.6 Å². The van der Waals surface area contributed by atoms with Gasteiger partial charge in [-0.25, -0.2) is 0 Å². The number of hydrogen-bond donors (Lipinski definition) is 2. The van der Waals surface area contributed by atoms with Gasteiger partial charge in [0.1, 0.15) is 0 Å². The number of amides is 1. The fourth-order valence-electron chi connectivity index (χ4n) is 1.69. The molecule has 0 heterocycles. The zero-order chi connectivity index (χ0) is 12.8. The molecule has 1 rings (SSSR count). The standard InChI is InChI=1S/C14H22N2O.ClH/c1-10(2)5-4-8-16-14(17)13-9-12(15)7-6-11(13)3;/h6-7,9-10H,4-5,8,15H2,1-3H3,(H,16,17);1H. The van der Waals surface area contributed by atoms with Crippen molar-refractivity contribution >= 4 is 24.0 Å². The van der Waals surface area contributed by atoms with Crippen LogP contribution in [-0.2, 0) is 0 Å². The smallest absolute Gasteiger partial charge is 0.251 e. The fourth-order valence-corrected chi connectivity index (χ4v) is 1.69. The van der Waals surface area contributed by atoms with E-state index < -0.39 is 0 Å². The largest absolute Gasteiger partial charge is 0.399 e. The normalized spacial score (nSPS) is 10.0. The molecule has 0 aliphatic rings. The van der Waals surface area contributed by atoms with Gasteiger partial charge in [-0.2, -0.15) is 0 Å². The number of carbonyl (C=O) groups is 1. The Labute approximate surface area is 116 Å². The van der Waals surface area contributed by atoms with Gasteiger partial charge in [-0.05, 0) is 43.4 Å². The Bertz CT molecular complexity index is 391. The Morgan fingerprint density at radius 3 is 2.67 bits per heavy atom. The summed E-state index contributed by atoms with van der Waals surface area (Å²) in [7, 11) is 0. The zero-order valence-electron chi connectivity index (χ0n) is 11.3. The lowest BCUT2D eigenvalue weighted by molar-refractivity contribution is 0.0952. The predicted octanol–water partition coefficient (Wildman–Crippen LogP) is 3.17. The summed E-state index contributed by atoms with van der Waals surface area (Å²) >= 11 is 0. The second kappa shape index (κ2) is 7.98. The highest BCUT2D eigenvalue weighted by molar-refractivity contribution is 5.96. The number of hydrogen-bond acceptors (Lipinski definition) is 2. The Hall–Kier alpha value is -1.22. The highest BCUT2D eigenvalue weighted by Crippen LogP contribution is 2.12. The van der Waals surface area contributed by atoms with Gasteiger partial charge >= 0.3 is 0 Å². The van der Waals surface area contributed by atoms with Crippen molar-refractivity contribution in [2.75, 3.05) is 12.3 Å². The topological polar surface area (TPSA) is 55.1 Å². The van der Waals surface area contributed by atoms with E-state index in [2.05, 4.69) is 19.2 Å². The molecule has 3 N–H and O–H groups in total. The number of aryl methyl sites for hydroxylation is 1. The third kappa shape index (κ3) is 5.41. The molecule has 3 nitrogen and oxygen atoms in total. The van der Waals surface area contributed by atoms with Gasteiger partial charge in [-0.1, -0.05) is 19.9 Å². The molecule has 1 aromatic rings. The van der Waals surface area contributed by atoms with Gasteiger partial charge in [0.15, 0.2) is 0 Å². The molecule has 0 aromatic heterocycles. The summed E-state index contributed by atoms with van der Waals surface area (Å²) in [5.41, 5.74) is 7.94. The van der Waals surface area contributed by atoms with E-state index in [1.165, 1.54) is 0 Å². The van der Waals surface area contributed by atoms with Crippen molar-refractivity contribution < 1.29 is 4.79 Å². The van der Waals surface area contributed by atoms with Crippen molar-refractivity contribution in [3.8, 4) is 0 Å². The van der Waals surface area contributed by atoms with Crippen LogP contribution in [0.15, 0.2) is 18.2 Å². The Morgan fingerprint density at radius 2 is 2.06 bits per heavy atom. The van der Waals surface area contributed by atoms with Crippen LogP contribution in [0.4, 0.5) is 5.69 Å². The van der Waals surface area contributed by atoms with Crippen molar-refractivity contribution in [3.63, 3.8) is 0 Å². The molecule has 0 unspecified atom stereocenters. The maximum absolute atomic E-state index is 11.9. The first-order chi connectivity index (χ1) is 8.00. The van der Waals surface area contributed by atoms with E-state index >= 15 is 0 Å². The average Bonchev–Trinajstić information content (AvgIpc) is 2.27. The molecule has 0 bridgehead atoms. The summed E-state index contributed by atoms with van der Waals surface area (Å²) in [4.78, 5) is 11.9. The lowest BCUT2D eigenvalue weighted by atomic mass is 10.1. The average molecular weight is 271 g/mol. The molecule has 0 saturated carbocycles. The third-order valence-electron chi connectivity index (χ3n) is 2.75. The van der Waals surface area contributed by atoms with E-state index in [1.54, 1.807) is 6.07 Å². The van der Waals surface area contributed by atoms with Gasteiger partial charge in [-0.3, -0.25) is 4.79 Å². The quantitative estimate of drug-likeness (QED) is 0.638. The minimum atomic E-state index is -0.0291. The van der Waals surface area contributed by atoms with E-state index in [-0.39, 0.29) is 18.3 Å². The van der Waals surface area contributed by atoms with Crippen LogP contribution in [0, 0.1) is 12.8 Å². The number of carbonyl (C=O) groups excluding carboxylic acids is 1. The number of halogens is 1. The minimum Gasteiger partial charge on any atom is -0.399 e. The van der Waals surface area contributed by atoms with Crippen molar-refractivity contribution in [3.05, 3.63) is 29.3 Å². The van der Waals surface area contributed by atoms with Gasteiger partial charge in [-0.15, -0.1) is 12.4 Å². The number of benzene rings is 1. The molecular weight excluding hydrogens is 248 g/mol. The molecule has 0 saturated heterocycles. The van der Waals surface area contributed by atoms with Crippen LogP contribution >= 0.6 is 12.4 Å². The van der Waals surface area contributed by atoms with Crippen LogP contribution < -0.4 is 11.1 Å². The molecule has 0 atom stereocenters.